The number of rotatable bonds is 10. The average Bonchev–Trinajstić information content (AvgIpc) is 3.69. The number of fused-ring (bicyclic) bond motifs is 1. The van der Waals surface area contributed by atoms with Crippen LogP contribution in [0.5, 0.6) is 5.88 Å². The molecule has 2 aromatic carbocycles. The Kier molecular flexibility index (Phi) is 10.2. The molecule has 7 rings (SSSR count). The quantitative estimate of drug-likeness (QED) is 0.202. The number of carbonyl (C=O) groups is 2. The summed E-state index contributed by atoms with van der Waals surface area (Å²) in [6.07, 6.45) is 6.90. The summed E-state index contributed by atoms with van der Waals surface area (Å²) in [5, 5.41) is 7.28. The minimum atomic E-state index is 0.0845. The molecular weight excluding hydrogens is 689 g/mol. The maximum Gasteiger partial charge on any atom is 0.237 e. The van der Waals surface area contributed by atoms with Gasteiger partial charge < -0.3 is 24.8 Å². The number of piperazine rings is 1. The fraction of sp³-hybridized carbons (Fsp3) is 0.351. The first-order chi connectivity index (χ1) is 24.7. The lowest BCUT2D eigenvalue weighted by molar-refractivity contribution is -0.130. The van der Waals surface area contributed by atoms with Gasteiger partial charge in [-0.1, -0.05) is 59.6 Å². The van der Waals surface area contributed by atoms with Crippen molar-refractivity contribution in [2.24, 2.45) is 7.05 Å². The summed E-state index contributed by atoms with van der Waals surface area (Å²) in [6, 6.07) is 11.6. The molecule has 5 heterocycles. The van der Waals surface area contributed by atoms with E-state index < -0.39 is 0 Å². The van der Waals surface area contributed by atoms with Gasteiger partial charge >= 0.3 is 0 Å². The number of aryl methyl sites for hydroxylation is 1. The smallest absolute Gasteiger partial charge is 0.237 e. The second-order valence-corrected chi connectivity index (χ2v) is 13.7. The molecule has 2 amide bonds. The molecule has 2 saturated heterocycles. The summed E-state index contributed by atoms with van der Waals surface area (Å²) in [6.45, 7) is 6.53. The zero-order valence-corrected chi connectivity index (χ0v) is 30.3. The van der Waals surface area contributed by atoms with Crippen LogP contribution < -0.4 is 15.4 Å². The molecule has 264 valence electrons. The molecule has 0 bridgehead atoms. The fourth-order valence-electron chi connectivity index (χ4n) is 6.80. The topological polar surface area (TPSA) is 130 Å². The third-order valence-corrected chi connectivity index (χ3v) is 10.4. The van der Waals surface area contributed by atoms with E-state index in [2.05, 4.69) is 26.7 Å². The molecule has 2 aliphatic heterocycles. The van der Waals surface area contributed by atoms with Crippen LogP contribution in [0.1, 0.15) is 31.0 Å². The van der Waals surface area contributed by atoms with Crippen LogP contribution in [-0.2, 0) is 29.7 Å². The lowest BCUT2D eigenvalue weighted by Gasteiger charge is -2.33. The van der Waals surface area contributed by atoms with Gasteiger partial charge in [0.05, 0.1) is 40.9 Å². The molecule has 1 atom stereocenters. The first-order valence-corrected chi connectivity index (χ1v) is 17.7. The zero-order chi connectivity index (χ0) is 35.6. The van der Waals surface area contributed by atoms with Gasteiger partial charge in [-0.2, -0.15) is 0 Å². The minimum Gasteiger partial charge on any atom is -0.480 e. The van der Waals surface area contributed by atoms with Crippen LogP contribution in [-0.4, -0.2) is 92.0 Å². The van der Waals surface area contributed by atoms with Crippen molar-refractivity contribution in [3.05, 3.63) is 76.3 Å². The Morgan fingerprint density at radius 2 is 1.61 bits per heavy atom. The Hall–Kier alpha value is -4.62. The molecule has 0 spiro atoms. The minimum absolute atomic E-state index is 0.0845. The first-order valence-electron chi connectivity index (χ1n) is 17.0. The predicted molar refractivity (Wildman–Crippen MR) is 197 cm³/mol. The molecule has 14 heteroatoms. The van der Waals surface area contributed by atoms with Gasteiger partial charge in [0.2, 0.25) is 17.7 Å². The Bertz CT molecular complexity index is 2110. The number of methoxy groups -OCH3 is 1. The summed E-state index contributed by atoms with van der Waals surface area (Å²) < 4.78 is 7.60. The number of benzene rings is 2. The molecule has 0 aliphatic carbocycles. The van der Waals surface area contributed by atoms with Crippen LogP contribution in [0.25, 0.3) is 44.8 Å². The van der Waals surface area contributed by atoms with Crippen molar-refractivity contribution in [1.29, 1.82) is 0 Å². The van der Waals surface area contributed by atoms with Crippen molar-refractivity contribution in [3.8, 4) is 39.5 Å². The second kappa shape index (κ2) is 14.9. The Labute approximate surface area is 306 Å². The van der Waals surface area contributed by atoms with E-state index >= 15 is 0 Å². The molecule has 2 fully saturated rings. The van der Waals surface area contributed by atoms with Crippen molar-refractivity contribution in [3.63, 3.8) is 0 Å². The number of aromatic nitrogens is 5. The number of carbonyl (C=O) groups excluding carboxylic acids is 2. The molecule has 12 nitrogen and oxygen atoms in total. The second-order valence-electron chi connectivity index (χ2n) is 13.0. The van der Waals surface area contributed by atoms with Crippen LogP contribution in [0.15, 0.2) is 55.0 Å². The maximum absolute atomic E-state index is 11.8. The highest BCUT2D eigenvalue weighted by Gasteiger charge is 2.23. The van der Waals surface area contributed by atoms with Gasteiger partial charge in [0, 0.05) is 106 Å². The number of hydrogen-bond acceptors (Lipinski definition) is 9. The van der Waals surface area contributed by atoms with E-state index in [1.165, 1.54) is 0 Å². The number of nitrogens with one attached hydrogen (secondary N) is 2. The Morgan fingerprint density at radius 1 is 0.961 bits per heavy atom. The number of halogens is 2. The van der Waals surface area contributed by atoms with E-state index in [0.29, 0.717) is 58.1 Å². The van der Waals surface area contributed by atoms with Gasteiger partial charge in [0.25, 0.3) is 0 Å². The van der Waals surface area contributed by atoms with Crippen molar-refractivity contribution in [2.45, 2.75) is 38.9 Å². The SMILES string of the molecule is COc1nc(-c2cccc(-c3cccc(-c4cnc5c(CN6CCN(C(C)=O)CC6)cn(C)c5n4)c3Cl)c2Cl)cnc1CNC[C@H]1CCC(=O)N1. The molecule has 5 aromatic rings. The van der Waals surface area contributed by atoms with Gasteiger partial charge in [-0.25, -0.2) is 9.97 Å². The largest absolute Gasteiger partial charge is 0.480 e. The van der Waals surface area contributed by atoms with Gasteiger partial charge in [-0.15, -0.1) is 0 Å². The average molecular weight is 729 g/mol. The van der Waals surface area contributed by atoms with Gasteiger partial charge in [0.1, 0.15) is 11.2 Å². The molecule has 0 saturated carbocycles. The van der Waals surface area contributed by atoms with Crippen molar-refractivity contribution in [2.75, 3.05) is 39.8 Å². The fourth-order valence-corrected chi connectivity index (χ4v) is 7.45. The van der Waals surface area contributed by atoms with Crippen molar-refractivity contribution in [1.82, 2.24) is 44.9 Å². The first kappa shape index (κ1) is 34.8. The van der Waals surface area contributed by atoms with Crippen LogP contribution >= 0.6 is 23.2 Å². The molecule has 0 radical (unpaired) electrons. The van der Waals surface area contributed by atoms with E-state index in [1.54, 1.807) is 26.4 Å². The molecule has 0 unspecified atom stereocenters. The van der Waals surface area contributed by atoms with Crippen LogP contribution in [0, 0.1) is 0 Å². The van der Waals surface area contributed by atoms with E-state index in [0.717, 1.165) is 72.6 Å². The van der Waals surface area contributed by atoms with Crippen LogP contribution in [0.2, 0.25) is 10.0 Å². The standard InChI is InChI=1S/C37H39Cl2N9O3/c1-22(49)48-14-12-47(13-15-48)21-23-20-46(2)36-35(23)42-19-29(44-36)27-8-4-6-25(33(27)38)26-7-5-9-28(34(26)39)30-18-41-31(37(45-30)51-3)17-40-16-24-10-11-32(50)43-24/h4-9,18-20,24,40H,10-17,21H2,1-3H3,(H,43,50)/t24-/m1/s1. The van der Waals surface area contributed by atoms with E-state index in [-0.39, 0.29) is 17.9 Å². The number of hydrogen-bond donors (Lipinski definition) is 2. The van der Waals surface area contributed by atoms with Crippen LogP contribution in [0.4, 0.5) is 0 Å². The summed E-state index contributed by atoms with van der Waals surface area (Å²) in [7, 11) is 3.53. The predicted octanol–water partition coefficient (Wildman–Crippen LogP) is 5.11. The van der Waals surface area contributed by atoms with Crippen molar-refractivity contribution >= 4 is 46.2 Å². The lowest BCUT2D eigenvalue weighted by atomic mass is 9.98. The van der Waals surface area contributed by atoms with E-state index in [1.807, 2.05) is 52.9 Å². The highest BCUT2D eigenvalue weighted by atomic mass is 35.5. The van der Waals surface area contributed by atoms with Crippen molar-refractivity contribution < 1.29 is 14.3 Å². The van der Waals surface area contributed by atoms with E-state index in [9.17, 15) is 9.59 Å². The van der Waals surface area contributed by atoms with Gasteiger partial charge in [-0.3, -0.25) is 24.5 Å². The third-order valence-electron chi connectivity index (χ3n) is 9.57. The molecular formula is C37H39Cl2N9O3. The summed E-state index contributed by atoms with van der Waals surface area (Å²) in [5.41, 5.74) is 7.50. The number of nitrogens with zero attached hydrogens (tertiary/aromatic N) is 7. The summed E-state index contributed by atoms with van der Waals surface area (Å²) in [4.78, 5) is 46.7. The van der Waals surface area contributed by atoms with E-state index in [4.69, 9.17) is 42.9 Å². The van der Waals surface area contributed by atoms with Gasteiger partial charge in [0.15, 0.2) is 5.65 Å². The summed E-state index contributed by atoms with van der Waals surface area (Å²) >= 11 is 14.2. The zero-order valence-electron chi connectivity index (χ0n) is 28.7. The monoisotopic (exact) mass is 727 g/mol. The van der Waals surface area contributed by atoms with Crippen LogP contribution in [0.3, 0.4) is 0 Å². The molecule has 3 aromatic heterocycles. The van der Waals surface area contributed by atoms with Gasteiger partial charge in [-0.05, 0) is 6.42 Å². The number of ether oxygens (including phenoxy) is 1. The normalized spacial score (nSPS) is 16.5. The Morgan fingerprint density at radius 3 is 2.24 bits per heavy atom. The third kappa shape index (κ3) is 7.27. The highest BCUT2D eigenvalue weighted by Crippen LogP contribution is 2.42. The lowest BCUT2D eigenvalue weighted by Crippen LogP contribution is -2.47. The molecule has 2 N–H and O–H groups in total. The Balaban J connectivity index is 1.12. The highest BCUT2D eigenvalue weighted by molar-refractivity contribution is 6.39. The molecule has 51 heavy (non-hydrogen) atoms. The maximum atomic E-state index is 11.8. The number of amides is 2. The molecule has 2 aliphatic rings. The summed E-state index contributed by atoms with van der Waals surface area (Å²) in [5.74, 6) is 0.598.